The molecule has 0 spiro atoms. The molecule has 1 N–H and O–H groups in total. The largest absolute Gasteiger partial charge is 0.481 e. The van der Waals surface area contributed by atoms with Crippen LogP contribution in [-0.4, -0.2) is 29.1 Å². The summed E-state index contributed by atoms with van der Waals surface area (Å²) in [6.45, 7) is 8.14. The molecule has 0 bridgehead atoms. The van der Waals surface area contributed by atoms with Crippen molar-refractivity contribution < 1.29 is 14.3 Å². The van der Waals surface area contributed by atoms with E-state index in [1.807, 2.05) is 13.8 Å². The van der Waals surface area contributed by atoms with Crippen LogP contribution in [0.3, 0.4) is 0 Å². The van der Waals surface area contributed by atoms with Gasteiger partial charge in [-0.25, -0.2) is 0 Å². The predicted molar refractivity (Wildman–Crippen MR) is 73.1 cm³/mol. The highest BCUT2D eigenvalue weighted by molar-refractivity contribution is 5.67. The van der Waals surface area contributed by atoms with Gasteiger partial charge in [0, 0.05) is 18.0 Å². The van der Waals surface area contributed by atoms with Crippen molar-refractivity contribution in [3.63, 3.8) is 0 Å². The van der Waals surface area contributed by atoms with E-state index in [2.05, 4.69) is 17.9 Å². The van der Waals surface area contributed by atoms with Crippen molar-refractivity contribution >= 4 is 5.97 Å². The Morgan fingerprint density at radius 1 is 1.47 bits per heavy atom. The summed E-state index contributed by atoms with van der Waals surface area (Å²) < 4.78 is 5.60. The van der Waals surface area contributed by atoms with Gasteiger partial charge in [0.25, 0.3) is 0 Å². The molecule has 4 heteroatoms. The van der Waals surface area contributed by atoms with Crippen LogP contribution in [0.5, 0.6) is 0 Å². The molecule has 0 amide bonds. The number of carbonyl (C=O) groups is 1. The molecule has 1 aliphatic heterocycles. The number of aliphatic carboxylic acids is 1. The molecule has 4 nitrogen and oxygen atoms in total. The molecule has 0 aliphatic carbocycles. The van der Waals surface area contributed by atoms with E-state index in [4.69, 9.17) is 9.52 Å². The first-order valence-electron chi connectivity index (χ1n) is 7.00. The third-order valence-electron chi connectivity index (χ3n) is 4.19. The quantitative estimate of drug-likeness (QED) is 0.908. The van der Waals surface area contributed by atoms with Gasteiger partial charge in [-0.15, -0.1) is 0 Å². The third kappa shape index (κ3) is 3.38. The zero-order valence-corrected chi connectivity index (χ0v) is 12.0. The van der Waals surface area contributed by atoms with Crippen molar-refractivity contribution in [2.24, 2.45) is 5.92 Å². The van der Waals surface area contributed by atoms with Gasteiger partial charge >= 0.3 is 5.97 Å². The Hall–Kier alpha value is -1.29. The fraction of sp³-hybridized carbons (Fsp3) is 0.667. The van der Waals surface area contributed by atoms with Crippen molar-refractivity contribution in [2.75, 3.05) is 13.1 Å². The molecule has 1 atom stereocenters. The van der Waals surface area contributed by atoms with Crippen LogP contribution in [0.15, 0.2) is 10.5 Å². The molecule has 1 aliphatic rings. The Morgan fingerprint density at radius 3 is 2.58 bits per heavy atom. The van der Waals surface area contributed by atoms with Crippen molar-refractivity contribution in [3.05, 3.63) is 23.2 Å². The SMILES string of the molecule is Cc1cc(C(C)N2CCC(CC(=O)O)CC2)c(C)o1. The standard InChI is InChI=1S/C15H23NO3/c1-10-8-14(12(3)19-10)11(2)16-6-4-13(5-7-16)9-15(17)18/h8,11,13H,4-7,9H2,1-3H3,(H,17,18). The Labute approximate surface area is 114 Å². The van der Waals surface area contributed by atoms with Gasteiger partial charge in [0.2, 0.25) is 0 Å². The molecule has 2 rings (SSSR count). The predicted octanol–water partition coefficient (Wildman–Crippen LogP) is 3.14. The third-order valence-corrected chi connectivity index (χ3v) is 4.19. The highest BCUT2D eigenvalue weighted by atomic mass is 16.4. The van der Waals surface area contributed by atoms with E-state index < -0.39 is 5.97 Å². The van der Waals surface area contributed by atoms with E-state index in [1.165, 1.54) is 5.56 Å². The summed E-state index contributed by atoms with van der Waals surface area (Å²) in [5.41, 5.74) is 1.26. The molecule has 1 aromatic heterocycles. The monoisotopic (exact) mass is 265 g/mol. The van der Waals surface area contributed by atoms with E-state index in [-0.39, 0.29) is 0 Å². The summed E-state index contributed by atoms with van der Waals surface area (Å²) in [5.74, 6) is 1.62. The number of carboxylic acid groups (broad SMARTS) is 1. The minimum absolute atomic E-state index is 0.312. The average molecular weight is 265 g/mol. The van der Waals surface area contributed by atoms with E-state index in [0.717, 1.165) is 37.5 Å². The molecule has 0 saturated carbocycles. The molecule has 1 aromatic rings. The molecule has 1 fully saturated rings. The first-order chi connectivity index (χ1) is 8.97. The van der Waals surface area contributed by atoms with Gasteiger partial charge in [0.15, 0.2) is 0 Å². The highest BCUT2D eigenvalue weighted by Crippen LogP contribution is 2.30. The summed E-state index contributed by atoms with van der Waals surface area (Å²) in [7, 11) is 0. The zero-order valence-electron chi connectivity index (χ0n) is 12.0. The molecule has 1 unspecified atom stereocenters. The number of rotatable bonds is 4. The lowest BCUT2D eigenvalue weighted by Gasteiger charge is -2.35. The smallest absolute Gasteiger partial charge is 0.303 e. The van der Waals surface area contributed by atoms with Crippen LogP contribution in [0.25, 0.3) is 0 Å². The minimum Gasteiger partial charge on any atom is -0.481 e. The lowest BCUT2D eigenvalue weighted by atomic mass is 9.92. The number of carboxylic acids is 1. The highest BCUT2D eigenvalue weighted by Gasteiger charge is 2.26. The van der Waals surface area contributed by atoms with Crippen LogP contribution in [-0.2, 0) is 4.79 Å². The number of furan rings is 1. The maximum absolute atomic E-state index is 10.7. The minimum atomic E-state index is -0.673. The van der Waals surface area contributed by atoms with Gasteiger partial charge < -0.3 is 9.52 Å². The number of aryl methyl sites for hydroxylation is 2. The van der Waals surface area contributed by atoms with Crippen LogP contribution in [0, 0.1) is 19.8 Å². The summed E-state index contributed by atoms with van der Waals surface area (Å²) in [6, 6.07) is 2.46. The van der Waals surface area contributed by atoms with E-state index in [1.54, 1.807) is 0 Å². The number of nitrogens with zero attached hydrogens (tertiary/aromatic N) is 1. The second-order valence-electron chi connectivity index (χ2n) is 5.62. The van der Waals surface area contributed by atoms with Gasteiger partial charge in [-0.2, -0.15) is 0 Å². The fourth-order valence-corrected chi connectivity index (χ4v) is 3.05. The van der Waals surface area contributed by atoms with Gasteiger partial charge in [-0.05, 0) is 58.7 Å². The first kappa shape index (κ1) is 14.1. The summed E-state index contributed by atoms with van der Waals surface area (Å²) in [6.07, 6.45) is 2.27. The van der Waals surface area contributed by atoms with Crippen LogP contribution >= 0.6 is 0 Å². The molecule has 106 valence electrons. The molecule has 2 heterocycles. The molecule has 19 heavy (non-hydrogen) atoms. The normalized spacial score (nSPS) is 19.5. The number of piperidine rings is 1. The lowest BCUT2D eigenvalue weighted by molar-refractivity contribution is -0.138. The van der Waals surface area contributed by atoms with Crippen molar-refractivity contribution in [1.82, 2.24) is 4.90 Å². The Morgan fingerprint density at radius 2 is 2.11 bits per heavy atom. The molecule has 0 radical (unpaired) electrons. The first-order valence-corrected chi connectivity index (χ1v) is 7.00. The van der Waals surface area contributed by atoms with Crippen molar-refractivity contribution in [2.45, 2.75) is 46.1 Å². The van der Waals surface area contributed by atoms with Gasteiger partial charge in [0.05, 0.1) is 0 Å². The molecular weight excluding hydrogens is 242 g/mol. The van der Waals surface area contributed by atoms with E-state index in [0.29, 0.717) is 18.4 Å². The van der Waals surface area contributed by atoms with Crippen LogP contribution in [0.2, 0.25) is 0 Å². The fourth-order valence-electron chi connectivity index (χ4n) is 3.05. The molecule has 0 aromatic carbocycles. The topological polar surface area (TPSA) is 53.7 Å². The Bertz CT molecular complexity index is 444. The number of hydrogen-bond donors (Lipinski definition) is 1. The summed E-state index contributed by atoms with van der Waals surface area (Å²) in [4.78, 5) is 13.2. The van der Waals surface area contributed by atoms with Crippen molar-refractivity contribution in [3.8, 4) is 0 Å². The Kier molecular flexibility index (Phi) is 4.30. The molecular formula is C15H23NO3. The lowest BCUT2D eigenvalue weighted by Crippen LogP contribution is -2.36. The van der Waals surface area contributed by atoms with E-state index in [9.17, 15) is 4.79 Å². The second kappa shape index (κ2) is 5.78. The zero-order chi connectivity index (χ0) is 14.0. The number of likely N-dealkylation sites (tertiary alicyclic amines) is 1. The van der Waals surface area contributed by atoms with Crippen LogP contribution < -0.4 is 0 Å². The maximum Gasteiger partial charge on any atom is 0.303 e. The van der Waals surface area contributed by atoms with Gasteiger partial charge in [0.1, 0.15) is 11.5 Å². The van der Waals surface area contributed by atoms with Gasteiger partial charge in [-0.1, -0.05) is 0 Å². The molecule has 1 saturated heterocycles. The van der Waals surface area contributed by atoms with E-state index >= 15 is 0 Å². The summed E-state index contributed by atoms with van der Waals surface area (Å²) in [5, 5.41) is 8.83. The van der Waals surface area contributed by atoms with Gasteiger partial charge in [-0.3, -0.25) is 9.69 Å². The number of hydrogen-bond acceptors (Lipinski definition) is 3. The second-order valence-corrected chi connectivity index (χ2v) is 5.62. The van der Waals surface area contributed by atoms with Crippen LogP contribution in [0.1, 0.15) is 49.3 Å². The summed E-state index contributed by atoms with van der Waals surface area (Å²) >= 11 is 0. The average Bonchev–Trinajstić information content (AvgIpc) is 2.68. The van der Waals surface area contributed by atoms with Crippen LogP contribution in [0.4, 0.5) is 0 Å². The van der Waals surface area contributed by atoms with Crippen molar-refractivity contribution in [1.29, 1.82) is 0 Å². The Balaban J connectivity index is 1.94. The maximum atomic E-state index is 10.7.